The van der Waals surface area contributed by atoms with Crippen molar-refractivity contribution in [3.8, 4) is 0 Å². The topological polar surface area (TPSA) is 12.0 Å². The standard InChI is InChI=1S/C12H23N/c1-3-10-6-4-5-9-7-11(8-9)12(10)13-2/h9-13H,3-8H2,1-2H3/t9?,10?,11?,12-/m0/s1. The molecule has 3 saturated carbocycles. The van der Waals surface area contributed by atoms with Crippen LogP contribution in [0.15, 0.2) is 0 Å². The van der Waals surface area contributed by atoms with Crippen LogP contribution in [0.25, 0.3) is 0 Å². The van der Waals surface area contributed by atoms with E-state index in [-0.39, 0.29) is 0 Å². The van der Waals surface area contributed by atoms with Crippen LogP contribution in [0.2, 0.25) is 0 Å². The highest BCUT2D eigenvalue weighted by Gasteiger charge is 2.38. The van der Waals surface area contributed by atoms with Crippen LogP contribution in [0.3, 0.4) is 0 Å². The van der Waals surface area contributed by atoms with Crippen LogP contribution in [0.4, 0.5) is 0 Å². The van der Waals surface area contributed by atoms with Gasteiger partial charge in [-0.25, -0.2) is 0 Å². The van der Waals surface area contributed by atoms with Crippen molar-refractivity contribution in [3.63, 3.8) is 0 Å². The van der Waals surface area contributed by atoms with Gasteiger partial charge >= 0.3 is 0 Å². The molecule has 13 heavy (non-hydrogen) atoms. The van der Waals surface area contributed by atoms with Crippen LogP contribution >= 0.6 is 0 Å². The van der Waals surface area contributed by atoms with Gasteiger partial charge in [-0.3, -0.25) is 0 Å². The van der Waals surface area contributed by atoms with Crippen molar-refractivity contribution in [2.45, 2.75) is 51.5 Å². The van der Waals surface area contributed by atoms with Gasteiger partial charge in [0, 0.05) is 6.04 Å². The summed E-state index contributed by atoms with van der Waals surface area (Å²) in [4.78, 5) is 0. The van der Waals surface area contributed by atoms with Crippen LogP contribution in [0.1, 0.15) is 45.4 Å². The average Bonchev–Trinajstić information content (AvgIpc) is 2.01. The molecule has 0 spiro atoms. The van der Waals surface area contributed by atoms with E-state index in [4.69, 9.17) is 0 Å². The van der Waals surface area contributed by atoms with E-state index in [9.17, 15) is 0 Å². The highest BCUT2D eigenvalue weighted by atomic mass is 14.9. The summed E-state index contributed by atoms with van der Waals surface area (Å²) in [6.07, 6.45) is 8.86. The molecule has 0 saturated heterocycles. The Morgan fingerprint density at radius 1 is 1.23 bits per heavy atom. The fourth-order valence-electron chi connectivity index (χ4n) is 3.48. The SMILES string of the molecule is CCC1CCCC2CC(C2)[C@H]1NC. The fourth-order valence-corrected chi connectivity index (χ4v) is 3.48. The second kappa shape index (κ2) is 4.00. The van der Waals surface area contributed by atoms with Crippen molar-refractivity contribution >= 4 is 0 Å². The number of fused-ring (bicyclic) bond motifs is 4. The highest BCUT2D eigenvalue weighted by Crippen LogP contribution is 2.44. The third-order valence-electron chi connectivity index (χ3n) is 4.33. The molecule has 1 heteroatoms. The van der Waals surface area contributed by atoms with E-state index < -0.39 is 0 Å². The maximum Gasteiger partial charge on any atom is 0.0121 e. The maximum absolute atomic E-state index is 3.56. The quantitative estimate of drug-likeness (QED) is 0.690. The third-order valence-corrected chi connectivity index (χ3v) is 4.33. The Labute approximate surface area is 82.3 Å². The highest BCUT2D eigenvalue weighted by molar-refractivity contribution is 4.93. The molecule has 0 aromatic carbocycles. The summed E-state index contributed by atoms with van der Waals surface area (Å²) in [7, 11) is 2.16. The van der Waals surface area contributed by atoms with Crippen LogP contribution < -0.4 is 5.32 Å². The summed E-state index contributed by atoms with van der Waals surface area (Å²) in [5.74, 6) is 3.06. The fraction of sp³-hybridized carbons (Fsp3) is 1.00. The van der Waals surface area contributed by atoms with Gasteiger partial charge in [0.15, 0.2) is 0 Å². The molecule has 1 unspecified atom stereocenters. The van der Waals surface area contributed by atoms with Crippen molar-refractivity contribution in [1.29, 1.82) is 0 Å². The van der Waals surface area contributed by atoms with Crippen LogP contribution in [0.5, 0.6) is 0 Å². The minimum Gasteiger partial charge on any atom is -0.316 e. The minimum atomic E-state index is 0.835. The Balaban J connectivity index is 1.99. The molecule has 0 aromatic heterocycles. The summed E-state index contributed by atoms with van der Waals surface area (Å²) in [5, 5.41) is 3.56. The van der Waals surface area contributed by atoms with Gasteiger partial charge in [-0.1, -0.05) is 26.2 Å². The lowest BCUT2D eigenvalue weighted by molar-refractivity contribution is 0.0779. The molecule has 1 N–H and O–H groups in total. The molecule has 3 fully saturated rings. The number of nitrogens with one attached hydrogen (secondary N) is 1. The Kier molecular flexibility index (Phi) is 2.92. The van der Waals surface area contributed by atoms with Crippen LogP contribution in [0, 0.1) is 17.8 Å². The van der Waals surface area contributed by atoms with Gasteiger partial charge in [0.1, 0.15) is 0 Å². The first kappa shape index (κ1) is 9.51. The first-order valence-corrected chi connectivity index (χ1v) is 6.02. The molecule has 2 bridgehead atoms. The lowest BCUT2D eigenvalue weighted by Gasteiger charge is -2.46. The van der Waals surface area contributed by atoms with Crippen molar-refractivity contribution in [2.24, 2.45) is 17.8 Å². The van der Waals surface area contributed by atoms with Crippen molar-refractivity contribution < 1.29 is 0 Å². The smallest absolute Gasteiger partial charge is 0.0121 e. The maximum atomic E-state index is 3.56. The molecule has 76 valence electrons. The molecule has 0 aliphatic heterocycles. The predicted molar refractivity (Wildman–Crippen MR) is 56.7 cm³/mol. The Morgan fingerprint density at radius 2 is 2.00 bits per heavy atom. The molecule has 2 atom stereocenters. The van der Waals surface area contributed by atoms with E-state index in [1.54, 1.807) is 0 Å². The Morgan fingerprint density at radius 3 is 2.62 bits per heavy atom. The summed E-state index contributed by atoms with van der Waals surface area (Å²) < 4.78 is 0. The van der Waals surface area contributed by atoms with E-state index >= 15 is 0 Å². The van der Waals surface area contributed by atoms with Gasteiger partial charge in [0.25, 0.3) is 0 Å². The molecule has 3 aliphatic rings. The van der Waals surface area contributed by atoms with Gasteiger partial charge < -0.3 is 5.32 Å². The Bertz CT molecular complexity index is 161. The molecule has 0 amide bonds. The lowest BCUT2D eigenvalue weighted by atomic mass is 9.63. The number of hydrogen-bond acceptors (Lipinski definition) is 1. The number of hydrogen-bond donors (Lipinski definition) is 1. The normalized spacial score (nSPS) is 44.8. The monoisotopic (exact) mass is 181 g/mol. The zero-order chi connectivity index (χ0) is 9.26. The predicted octanol–water partition coefficient (Wildman–Crippen LogP) is 2.81. The van der Waals surface area contributed by atoms with E-state index in [1.165, 1.54) is 38.5 Å². The molecule has 0 aromatic rings. The van der Waals surface area contributed by atoms with E-state index in [1.807, 2.05) is 0 Å². The molecule has 0 radical (unpaired) electrons. The largest absolute Gasteiger partial charge is 0.316 e. The van der Waals surface area contributed by atoms with Crippen molar-refractivity contribution in [2.75, 3.05) is 7.05 Å². The second-order valence-corrected chi connectivity index (χ2v) is 5.01. The number of rotatable bonds is 2. The molecule has 1 nitrogen and oxygen atoms in total. The molecular formula is C12H23N. The van der Waals surface area contributed by atoms with E-state index in [2.05, 4.69) is 19.3 Å². The summed E-state index contributed by atoms with van der Waals surface area (Å²) in [6.45, 7) is 2.35. The zero-order valence-electron chi connectivity index (χ0n) is 9.05. The molecule has 0 heterocycles. The third kappa shape index (κ3) is 1.76. The Hall–Kier alpha value is -0.0400. The molecule has 3 aliphatic carbocycles. The zero-order valence-corrected chi connectivity index (χ0v) is 9.05. The van der Waals surface area contributed by atoms with Gasteiger partial charge in [0.05, 0.1) is 0 Å². The average molecular weight is 181 g/mol. The van der Waals surface area contributed by atoms with Crippen LogP contribution in [-0.4, -0.2) is 13.1 Å². The van der Waals surface area contributed by atoms with Gasteiger partial charge in [-0.15, -0.1) is 0 Å². The van der Waals surface area contributed by atoms with Gasteiger partial charge in [-0.05, 0) is 44.1 Å². The van der Waals surface area contributed by atoms with E-state index in [0.717, 1.165) is 23.8 Å². The van der Waals surface area contributed by atoms with Crippen LogP contribution in [-0.2, 0) is 0 Å². The van der Waals surface area contributed by atoms with E-state index in [0.29, 0.717) is 0 Å². The van der Waals surface area contributed by atoms with Gasteiger partial charge in [0.2, 0.25) is 0 Å². The first-order valence-electron chi connectivity index (χ1n) is 6.02. The minimum absolute atomic E-state index is 0.835. The molecular weight excluding hydrogens is 158 g/mol. The van der Waals surface area contributed by atoms with Crippen molar-refractivity contribution in [1.82, 2.24) is 5.32 Å². The summed E-state index contributed by atoms with van der Waals surface area (Å²) >= 11 is 0. The first-order chi connectivity index (χ1) is 6.35. The summed E-state index contributed by atoms with van der Waals surface area (Å²) in [5.41, 5.74) is 0. The second-order valence-electron chi connectivity index (χ2n) is 5.01. The van der Waals surface area contributed by atoms with Gasteiger partial charge in [-0.2, -0.15) is 0 Å². The lowest BCUT2D eigenvalue weighted by Crippen LogP contribution is -2.47. The van der Waals surface area contributed by atoms with Crippen molar-refractivity contribution in [3.05, 3.63) is 0 Å². The molecule has 3 rings (SSSR count). The summed E-state index contributed by atoms with van der Waals surface area (Å²) in [6, 6.07) is 0.835.